The molecule has 0 aliphatic heterocycles. The summed E-state index contributed by atoms with van der Waals surface area (Å²) in [5.41, 5.74) is 1.12. The van der Waals surface area contributed by atoms with Gasteiger partial charge >= 0.3 is 5.97 Å². The molecule has 96 valence electrons. The topological polar surface area (TPSA) is 40.5 Å². The molecule has 0 atom stereocenters. The number of aliphatic carboxylic acids is 1. The zero-order chi connectivity index (χ0) is 12.0. The van der Waals surface area contributed by atoms with Crippen molar-refractivity contribution in [3.05, 3.63) is 34.3 Å². The predicted octanol–water partition coefficient (Wildman–Crippen LogP) is 3.17. The summed E-state index contributed by atoms with van der Waals surface area (Å²) in [4.78, 5) is 12.6. The van der Waals surface area contributed by atoms with Gasteiger partial charge in [0, 0.05) is 11.0 Å². The molecule has 0 unspecified atom stereocenters. The van der Waals surface area contributed by atoms with E-state index < -0.39 is 5.97 Å². The van der Waals surface area contributed by atoms with E-state index in [4.69, 9.17) is 5.11 Å². The van der Waals surface area contributed by atoms with Crippen molar-refractivity contribution in [2.24, 2.45) is 0 Å². The SMILES string of the molecule is CCCN(CC(=O)O)Cc1ccccc1Br.Cl. The van der Waals surface area contributed by atoms with Crippen LogP contribution < -0.4 is 0 Å². The van der Waals surface area contributed by atoms with E-state index >= 15 is 0 Å². The molecule has 0 spiro atoms. The highest BCUT2D eigenvalue weighted by Crippen LogP contribution is 2.17. The zero-order valence-corrected chi connectivity index (χ0v) is 12.1. The first kappa shape index (κ1) is 16.4. The van der Waals surface area contributed by atoms with Crippen molar-refractivity contribution < 1.29 is 9.90 Å². The average Bonchev–Trinajstić information content (AvgIpc) is 2.21. The highest BCUT2D eigenvalue weighted by Gasteiger charge is 2.10. The number of nitrogens with zero attached hydrogens (tertiary/aromatic N) is 1. The van der Waals surface area contributed by atoms with Crippen LogP contribution in [-0.2, 0) is 11.3 Å². The van der Waals surface area contributed by atoms with E-state index in [9.17, 15) is 4.79 Å². The second kappa shape index (κ2) is 8.50. The Bertz CT molecular complexity index is 360. The fourth-order valence-electron chi connectivity index (χ4n) is 1.59. The molecule has 0 amide bonds. The number of carboxylic acids is 1. The van der Waals surface area contributed by atoms with E-state index in [-0.39, 0.29) is 19.0 Å². The molecule has 0 aromatic heterocycles. The molecule has 1 aromatic rings. The van der Waals surface area contributed by atoms with Crippen LogP contribution in [0, 0.1) is 0 Å². The normalized spacial score (nSPS) is 10.1. The van der Waals surface area contributed by atoms with Crippen molar-refractivity contribution in [2.75, 3.05) is 13.1 Å². The fourth-order valence-corrected chi connectivity index (χ4v) is 2.00. The van der Waals surface area contributed by atoms with Crippen molar-refractivity contribution in [1.29, 1.82) is 0 Å². The average molecular weight is 323 g/mol. The molecule has 1 N–H and O–H groups in total. The van der Waals surface area contributed by atoms with Crippen molar-refractivity contribution in [2.45, 2.75) is 19.9 Å². The number of halogens is 2. The van der Waals surface area contributed by atoms with Gasteiger partial charge in [-0.2, -0.15) is 0 Å². The predicted molar refractivity (Wildman–Crippen MR) is 74.6 cm³/mol. The lowest BCUT2D eigenvalue weighted by atomic mass is 10.2. The molecule has 5 heteroatoms. The number of rotatable bonds is 6. The van der Waals surface area contributed by atoms with Crippen molar-refractivity contribution in [1.82, 2.24) is 4.90 Å². The Morgan fingerprint density at radius 3 is 2.59 bits per heavy atom. The van der Waals surface area contributed by atoms with Gasteiger partial charge in [-0.1, -0.05) is 41.1 Å². The van der Waals surface area contributed by atoms with Gasteiger partial charge < -0.3 is 5.11 Å². The molecule has 0 heterocycles. The number of carbonyl (C=O) groups is 1. The fraction of sp³-hybridized carbons (Fsp3) is 0.417. The maximum Gasteiger partial charge on any atom is 0.317 e. The lowest BCUT2D eigenvalue weighted by Crippen LogP contribution is -2.30. The molecule has 1 aromatic carbocycles. The van der Waals surface area contributed by atoms with Crippen LogP contribution in [-0.4, -0.2) is 29.1 Å². The standard InChI is InChI=1S/C12H16BrNO2.ClH/c1-2-7-14(9-12(15)16)8-10-5-3-4-6-11(10)13;/h3-6H,2,7-9H2,1H3,(H,15,16);1H. The van der Waals surface area contributed by atoms with E-state index in [1.165, 1.54) is 0 Å². The van der Waals surface area contributed by atoms with Crippen LogP contribution in [0.25, 0.3) is 0 Å². The molecule has 0 fully saturated rings. The van der Waals surface area contributed by atoms with E-state index in [0.29, 0.717) is 6.54 Å². The van der Waals surface area contributed by atoms with E-state index in [2.05, 4.69) is 22.9 Å². The van der Waals surface area contributed by atoms with Crippen LogP contribution in [0.1, 0.15) is 18.9 Å². The largest absolute Gasteiger partial charge is 0.480 e. The molecule has 0 radical (unpaired) electrons. The Kier molecular flexibility index (Phi) is 8.21. The summed E-state index contributed by atoms with van der Waals surface area (Å²) < 4.78 is 1.03. The summed E-state index contributed by atoms with van der Waals surface area (Å²) in [6.45, 7) is 3.61. The Morgan fingerprint density at radius 1 is 1.41 bits per heavy atom. The Morgan fingerprint density at radius 2 is 2.06 bits per heavy atom. The summed E-state index contributed by atoms with van der Waals surface area (Å²) >= 11 is 3.47. The molecular weight excluding hydrogens is 305 g/mol. The van der Waals surface area contributed by atoms with Gasteiger partial charge in [0.05, 0.1) is 6.54 Å². The van der Waals surface area contributed by atoms with Crippen LogP contribution in [0.3, 0.4) is 0 Å². The third kappa shape index (κ3) is 6.05. The number of hydrogen-bond acceptors (Lipinski definition) is 2. The highest BCUT2D eigenvalue weighted by atomic mass is 79.9. The summed E-state index contributed by atoms with van der Waals surface area (Å²) in [5, 5.41) is 8.80. The van der Waals surface area contributed by atoms with E-state index in [1.54, 1.807) is 0 Å². The number of benzene rings is 1. The number of carboxylic acid groups (broad SMARTS) is 1. The van der Waals surface area contributed by atoms with Gasteiger partial charge in [0.1, 0.15) is 0 Å². The van der Waals surface area contributed by atoms with Gasteiger partial charge in [-0.05, 0) is 24.6 Å². The first-order chi connectivity index (χ1) is 7.63. The summed E-state index contributed by atoms with van der Waals surface area (Å²) in [7, 11) is 0. The zero-order valence-electron chi connectivity index (χ0n) is 9.73. The van der Waals surface area contributed by atoms with Crippen molar-refractivity contribution in [3.8, 4) is 0 Å². The molecule has 0 saturated heterocycles. The number of hydrogen-bond donors (Lipinski definition) is 1. The van der Waals surface area contributed by atoms with Gasteiger partial charge in [0.2, 0.25) is 0 Å². The second-order valence-electron chi connectivity index (χ2n) is 3.70. The highest BCUT2D eigenvalue weighted by molar-refractivity contribution is 9.10. The summed E-state index contributed by atoms with van der Waals surface area (Å²) in [6, 6.07) is 7.90. The molecule has 17 heavy (non-hydrogen) atoms. The minimum atomic E-state index is -0.777. The van der Waals surface area contributed by atoms with Crippen LogP contribution in [0.2, 0.25) is 0 Å². The molecule has 1 rings (SSSR count). The smallest absolute Gasteiger partial charge is 0.317 e. The van der Waals surface area contributed by atoms with Crippen LogP contribution in [0.4, 0.5) is 0 Å². The summed E-state index contributed by atoms with van der Waals surface area (Å²) in [5.74, 6) is -0.777. The summed E-state index contributed by atoms with van der Waals surface area (Å²) in [6.07, 6.45) is 0.956. The minimum absolute atomic E-state index is 0. The first-order valence-electron chi connectivity index (χ1n) is 5.31. The molecule has 0 aliphatic rings. The van der Waals surface area contributed by atoms with Crippen molar-refractivity contribution in [3.63, 3.8) is 0 Å². The third-order valence-electron chi connectivity index (χ3n) is 2.25. The van der Waals surface area contributed by atoms with Gasteiger partial charge in [-0.15, -0.1) is 12.4 Å². The molecule has 0 saturated carbocycles. The molecule has 3 nitrogen and oxygen atoms in total. The van der Waals surface area contributed by atoms with Gasteiger partial charge in [-0.25, -0.2) is 0 Å². The molecule has 0 bridgehead atoms. The maximum absolute atomic E-state index is 10.7. The molecule has 0 aliphatic carbocycles. The third-order valence-corrected chi connectivity index (χ3v) is 3.02. The van der Waals surface area contributed by atoms with Gasteiger partial charge in [0.25, 0.3) is 0 Å². The monoisotopic (exact) mass is 321 g/mol. The van der Waals surface area contributed by atoms with E-state index in [1.807, 2.05) is 29.2 Å². The maximum atomic E-state index is 10.7. The second-order valence-corrected chi connectivity index (χ2v) is 4.55. The Hall–Kier alpha value is -0.580. The lowest BCUT2D eigenvalue weighted by Gasteiger charge is -2.20. The first-order valence-corrected chi connectivity index (χ1v) is 6.10. The van der Waals surface area contributed by atoms with Gasteiger partial charge in [0.15, 0.2) is 0 Å². The van der Waals surface area contributed by atoms with Crippen LogP contribution >= 0.6 is 28.3 Å². The van der Waals surface area contributed by atoms with Gasteiger partial charge in [-0.3, -0.25) is 9.69 Å². The lowest BCUT2D eigenvalue weighted by molar-refractivity contribution is -0.138. The molecular formula is C12H17BrClNO2. The van der Waals surface area contributed by atoms with Crippen LogP contribution in [0.15, 0.2) is 28.7 Å². The Labute approximate surface area is 116 Å². The van der Waals surface area contributed by atoms with Crippen LogP contribution in [0.5, 0.6) is 0 Å². The van der Waals surface area contributed by atoms with Crippen molar-refractivity contribution >= 4 is 34.3 Å². The van der Waals surface area contributed by atoms with E-state index in [0.717, 1.165) is 23.0 Å². The Balaban J connectivity index is 0.00000256. The minimum Gasteiger partial charge on any atom is -0.480 e. The quantitative estimate of drug-likeness (QED) is 0.874.